The van der Waals surface area contributed by atoms with Crippen LogP contribution in [0.15, 0.2) is 0 Å². The second kappa shape index (κ2) is 7.57. The lowest BCUT2D eigenvalue weighted by molar-refractivity contribution is 0.0678. The van der Waals surface area contributed by atoms with Crippen LogP contribution >= 0.6 is 0 Å². The number of nitrogens with one attached hydrogen (secondary N) is 2. The fourth-order valence-corrected chi connectivity index (χ4v) is 4.04. The SMILES string of the molecule is O=S(=O)(CCC1CCNCC1)NCC1CCOCC1. The summed E-state index contributed by atoms with van der Waals surface area (Å²) < 4.78 is 32.0. The van der Waals surface area contributed by atoms with Gasteiger partial charge in [0.05, 0.1) is 5.75 Å². The van der Waals surface area contributed by atoms with Crippen LogP contribution in [0.3, 0.4) is 0 Å². The first-order chi connectivity index (χ1) is 9.16. The van der Waals surface area contributed by atoms with Crippen LogP contribution in [0.2, 0.25) is 0 Å². The largest absolute Gasteiger partial charge is 0.381 e. The summed E-state index contributed by atoms with van der Waals surface area (Å²) in [6.45, 7) is 4.17. The Morgan fingerprint density at radius 1 is 1.05 bits per heavy atom. The molecule has 0 saturated carbocycles. The molecule has 0 spiro atoms. The van der Waals surface area contributed by atoms with Gasteiger partial charge in [-0.15, -0.1) is 0 Å². The molecule has 0 aromatic rings. The summed E-state index contributed by atoms with van der Waals surface area (Å²) in [5.41, 5.74) is 0. The average molecular weight is 290 g/mol. The van der Waals surface area contributed by atoms with E-state index in [0.29, 0.717) is 18.4 Å². The van der Waals surface area contributed by atoms with E-state index in [1.165, 1.54) is 0 Å². The molecule has 0 unspecified atom stereocenters. The molecule has 0 atom stereocenters. The Morgan fingerprint density at radius 2 is 1.74 bits per heavy atom. The van der Waals surface area contributed by atoms with E-state index in [-0.39, 0.29) is 5.75 Å². The Kier molecular flexibility index (Phi) is 6.06. The molecule has 19 heavy (non-hydrogen) atoms. The molecule has 2 aliphatic heterocycles. The topological polar surface area (TPSA) is 67.4 Å². The minimum atomic E-state index is -3.09. The van der Waals surface area contributed by atoms with Gasteiger partial charge in [-0.1, -0.05) is 0 Å². The van der Waals surface area contributed by atoms with Gasteiger partial charge in [-0.2, -0.15) is 0 Å². The maximum Gasteiger partial charge on any atom is 0.211 e. The average Bonchev–Trinajstić information content (AvgIpc) is 2.46. The fraction of sp³-hybridized carbons (Fsp3) is 1.00. The van der Waals surface area contributed by atoms with Crippen LogP contribution in [0.1, 0.15) is 32.1 Å². The summed E-state index contributed by atoms with van der Waals surface area (Å²) in [6, 6.07) is 0. The normalized spacial score (nSPS) is 23.6. The minimum Gasteiger partial charge on any atom is -0.381 e. The van der Waals surface area contributed by atoms with Crippen molar-refractivity contribution >= 4 is 10.0 Å². The lowest BCUT2D eigenvalue weighted by Crippen LogP contribution is -2.35. The van der Waals surface area contributed by atoms with Gasteiger partial charge in [-0.25, -0.2) is 13.1 Å². The molecule has 0 aromatic carbocycles. The van der Waals surface area contributed by atoms with Crippen molar-refractivity contribution in [2.75, 3.05) is 38.6 Å². The van der Waals surface area contributed by atoms with Crippen LogP contribution in [0.4, 0.5) is 0 Å². The zero-order chi connectivity index (χ0) is 13.6. The Hall–Kier alpha value is -0.170. The van der Waals surface area contributed by atoms with Crippen molar-refractivity contribution in [3.05, 3.63) is 0 Å². The molecule has 5 nitrogen and oxygen atoms in total. The molecule has 2 saturated heterocycles. The van der Waals surface area contributed by atoms with Gasteiger partial charge in [-0.05, 0) is 57.0 Å². The van der Waals surface area contributed by atoms with E-state index < -0.39 is 10.0 Å². The van der Waals surface area contributed by atoms with Gasteiger partial charge >= 0.3 is 0 Å². The maximum atomic E-state index is 12.0. The van der Waals surface area contributed by atoms with Crippen molar-refractivity contribution in [3.63, 3.8) is 0 Å². The highest BCUT2D eigenvalue weighted by molar-refractivity contribution is 7.89. The first-order valence-corrected chi connectivity index (χ1v) is 9.07. The first-order valence-electron chi connectivity index (χ1n) is 7.41. The van der Waals surface area contributed by atoms with E-state index in [1.54, 1.807) is 0 Å². The molecule has 2 N–H and O–H groups in total. The molecule has 2 fully saturated rings. The molecule has 0 radical (unpaired) electrons. The fourth-order valence-electron chi connectivity index (χ4n) is 2.76. The van der Waals surface area contributed by atoms with Gasteiger partial charge in [0.15, 0.2) is 0 Å². The van der Waals surface area contributed by atoms with E-state index in [0.717, 1.165) is 58.4 Å². The molecule has 112 valence electrons. The van der Waals surface area contributed by atoms with E-state index in [2.05, 4.69) is 10.0 Å². The van der Waals surface area contributed by atoms with E-state index >= 15 is 0 Å². The maximum absolute atomic E-state index is 12.0. The van der Waals surface area contributed by atoms with Crippen LogP contribution in [-0.4, -0.2) is 47.0 Å². The van der Waals surface area contributed by atoms with Gasteiger partial charge in [-0.3, -0.25) is 0 Å². The third kappa shape index (κ3) is 5.77. The first kappa shape index (κ1) is 15.2. The van der Waals surface area contributed by atoms with Crippen LogP contribution < -0.4 is 10.0 Å². The molecule has 0 amide bonds. The predicted molar refractivity (Wildman–Crippen MR) is 75.5 cm³/mol. The Bertz CT molecular complexity index is 319. The Balaban J connectivity index is 1.65. The van der Waals surface area contributed by atoms with Gasteiger partial charge in [0.25, 0.3) is 0 Å². The highest BCUT2D eigenvalue weighted by Crippen LogP contribution is 2.17. The Morgan fingerprint density at radius 3 is 2.42 bits per heavy atom. The molecular weight excluding hydrogens is 264 g/mol. The standard InChI is InChI=1S/C13H26N2O3S/c16-19(17,10-5-12-1-6-14-7-2-12)15-11-13-3-8-18-9-4-13/h12-15H,1-11H2. The monoisotopic (exact) mass is 290 g/mol. The summed E-state index contributed by atoms with van der Waals surface area (Å²) in [5.74, 6) is 1.30. The quantitative estimate of drug-likeness (QED) is 0.756. The van der Waals surface area contributed by atoms with Crippen molar-refractivity contribution in [1.29, 1.82) is 0 Å². The number of piperidine rings is 1. The van der Waals surface area contributed by atoms with Crippen LogP contribution in [0, 0.1) is 11.8 Å². The second-order valence-electron chi connectivity index (χ2n) is 5.71. The molecule has 2 aliphatic rings. The van der Waals surface area contributed by atoms with Crippen molar-refractivity contribution in [2.24, 2.45) is 11.8 Å². The Labute approximate surface area is 116 Å². The summed E-state index contributed by atoms with van der Waals surface area (Å²) >= 11 is 0. The van der Waals surface area contributed by atoms with Crippen LogP contribution in [0.5, 0.6) is 0 Å². The zero-order valence-corrected chi connectivity index (χ0v) is 12.4. The zero-order valence-electron chi connectivity index (χ0n) is 11.6. The highest BCUT2D eigenvalue weighted by atomic mass is 32.2. The smallest absolute Gasteiger partial charge is 0.211 e. The second-order valence-corrected chi connectivity index (χ2v) is 7.63. The molecule has 2 heterocycles. The third-order valence-corrected chi connectivity index (χ3v) is 5.57. The summed E-state index contributed by atoms with van der Waals surface area (Å²) in [7, 11) is -3.09. The lowest BCUT2D eigenvalue weighted by Gasteiger charge is -2.24. The van der Waals surface area contributed by atoms with Gasteiger partial charge in [0.2, 0.25) is 10.0 Å². The van der Waals surface area contributed by atoms with Gasteiger partial charge < -0.3 is 10.1 Å². The molecule has 0 aromatic heterocycles. The molecule has 6 heteroatoms. The molecule has 0 bridgehead atoms. The van der Waals surface area contributed by atoms with Crippen LogP contribution in [0.25, 0.3) is 0 Å². The molecular formula is C13H26N2O3S. The molecule has 0 aliphatic carbocycles. The van der Waals surface area contributed by atoms with E-state index in [9.17, 15) is 8.42 Å². The van der Waals surface area contributed by atoms with E-state index in [4.69, 9.17) is 4.74 Å². The predicted octanol–water partition coefficient (Wildman–Crippen LogP) is 0.722. The van der Waals surface area contributed by atoms with Crippen molar-refractivity contribution in [3.8, 4) is 0 Å². The van der Waals surface area contributed by atoms with Crippen molar-refractivity contribution in [2.45, 2.75) is 32.1 Å². The summed E-state index contributed by atoms with van der Waals surface area (Å²) in [6.07, 6.45) is 4.95. The number of ether oxygens (including phenoxy) is 1. The van der Waals surface area contributed by atoms with Crippen LogP contribution in [-0.2, 0) is 14.8 Å². The summed E-state index contributed by atoms with van der Waals surface area (Å²) in [5, 5.41) is 3.30. The number of rotatable bonds is 6. The third-order valence-electron chi connectivity index (χ3n) is 4.19. The van der Waals surface area contributed by atoms with Gasteiger partial charge in [0, 0.05) is 19.8 Å². The van der Waals surface area contributed by atoms with Crippen molar-refractivity contribution < 1.29 is 13.2 Å². The highest BCUT2D eigenvalue weighted by Gasteiger charge is 2.20. The van der Waals surface area contributed by atoms with E-state index in [1.807, 2.05) is 0 Å². The lowest BCUT2D eigenvalue weighted by atomic mass is 9.96. The summed E-state index contributed by atoms with van der Waals surface area (Å²) in [4.78, 5) is 0. The number of hydrogen-bond acceptors (Lipinski definition) is 4. The van der Waals surface area contributed by atoms with Gasteiger partial charge in [0.1, 0.15) is 0 Å². The minimum absolute atomic E-state index is 0.279. The van der Waals surface area contributed by atoms with Crippen molar-refractivity contribution in [1.82, 2.24) is 10.0 Å². The number of sulfonamides is 1. The molecule has 2 rings (SSSR count). The number of hydrogen-bond donors (Lipinski definition) is 2.